The zero-order chi connectivity index (χ0) is 15.7. The standard InChI is InChI=1S/C18H28N2OS/c1-4-16-15-9-11-22-17(15)8-10-19(16)12-18(21)20-13(2)6-5-7-14(20)3/h9,11,13-14,16H,4-8,10,12H2,1-3H3. The Balaban J connectivity index is 1.71. The van der Waals surface area contributed by atoms with Crippen LogP contribution >= 0.6 is 11.3 Å². The van der Waals surface area contributed by atoms with Gasteiger partial charge in [0.25, 0.3) is 0 Å². The number of thiophene rings is 1. The van der Waals surface area contributed by atoms with E-state index in [-0.39, 0.29) is 0 Å². The van der Waals surface area contributed by atoms with Gasteiger partial charge in [-0.3, -0.25) is 9.69 Å². The molecule has 2 aliphatic heterocycles. The van der Waals surface area contributed by atoms with Crippen molar-refractivity contribution in [3.63, 3.8) is 0 Å². The number of hydrogen-bond acceptors (Lipinski definition) is 3. The molecule has 1 saturated heterocycles. The van der Waals surface area contributed by atoms with Gasteiger partial charge in [-0.1, -0.05) is 6.92 Å². The molecule has 1 aromatic rings. The maximum Gasteiger partial charge on any atom is 0.237 e. The summed E-state index contributed by atoms with van der Waals surface area (Å²) in [6.07, 6.45) is 5.75. The molecule has 0 saturated carbocycles. The number of likely N-dealkylation sites (tertiary alicyclic amines) is 1. The minimum atomic E-state index is 0.330. The van der Waals surface area contributed by atoms with E-state index in [0.29, 0.717) is 30.6 Å². The van der Waals surface area contributed by atoms with Gasteiger partial charge in [-0.25, -0.2) is 0 Å². The van der Waals surface area contributed by atoms with Gasteiger partial charge in [0.05, 0.1) is 6.54 Å². The SMILES string of the molecule is CCC1c2ccsc2CCN1CC(=O)N1C(C)CCCC1C. The maximum absolute atomic E-state index is 12.9. The molecule has 1 amide bonds. The highest BCUT2D eigenvalue weighted by Gasteiger charge is 2.33. The van der Waals surface area contributed by atoms with E-state index in [1.807, 2.05) is 11.3 Å². The highest BCUT2D eigenvalue weighted by atomic mass is 32.1. The third-order valence-corrected chi connectivity index (χ3v) is 6.41. The molecule has 1 fully saturated rings. The highest BCUT2D eigenvalue weighted by Crippen LogP contribution is 2.35. The molecule has 3 nitrogen and oxygen atoms in total. The molecule has 122 valence electrons. The third kappa shape index (κ3) is 2.95. The summed E-state index contributed by atoms with van der Waals surface area (Å²) in [6, 6.07) is 3.49. The van der Waals surface area contributed by atoms with Gasteiger partial charge in [-0.2, -0.15) is 0 Å². The minimum absolute atomic E-state index is 0.330. The molecule has 3 atom stereocenters. The molecule has 3 heterocycles. The van der Waals surface area contributed by atoms with E-state index >= 15 is 0 Å². The fourth-order valence-electron chi connectivity index (χ4n) is 4.28. The number of piperidine rings is 1. The molecular formula is C18H28N2OS. The van der Waals surface area contributed by atoms with Gasteiger partial charge in [0.2, 0.25) is 5.91 Å². The van der Waals surface area contributed by atoms with E-state index < -0.39 is 0 Å². The number of nitrogens with zero attached hydrogens (tertiary/aromatic N) is 2. The lowest BCUT2D eigenvalue weighted by Crippen LogP contribution is -2.52. The summed E-state index contributed by atoms with van der Waals surface area (Å²) in [6.45, 7) is 8.26. The predicted octanol–water partition coefficient (Wildman–Crippen LogP) is 3.85. The molecule has 3 unspecified atom stereocenters. The van der Waals surface area contributed by atoms with Gasteiger partial charge < -0.3 is 4.90 Å². The van der Waals surface area contributed by atoms with Crippen molar-refractivity contribution < 1.29 is 4.79 Å². The zero-order valence-electron chi connectivity index (χ0n) is 14.0. The van der Waals surface area contributed by atoms with Crippen LogP contribution in [0.3, 0.4) is 0 Å². The quantitative estimate of drug-likeness (QED) is 0.844. The normalized spacial score (nSPS) is 29.4. The van der Waals surface area contributed by atoms with Crippen molar-refractivity contribution in [1.29, 1.82) is 0 Å². The molecule has 0 N–H and O–H groups in total. The summed E-state index contributed by atoms with van der Waals surface area (Å²) in [4.78, 5) is 19.0. The fourth-order valence-corrected chi connectivity index (χ4v) is 5.21. The van der Waals surface area contributed by atoms with Crippen molar-refractivity contribution in [2.24, 2.45) is 0 Å². The van der Waals surface area contributed by atoms with Crippen LogP contribution < -0.4 is 0 Å². The summed E-state index contributed by atoms with van der Waals surface area (Å²) in [7, 11) is 0. The van der Waals surface area contributed by atoms with Gasteiger partial charge in [0.15, 0.2) is 0 Å². The number of rotatable bonds is 3. The Labute approximate surface area is 138 Å². The van der Waals surface area contributed by atoms with Crippen LogP contribution in [0.25, 0.3) is 0 Å². The average Bonchev–Trinajstić information content (AvgIpc) is 2.95. The second-order valence-electron chi connectivity index (χ2n) is 6.87. The molecule has 1 aromatic heterocycles. The first-order valence-corrected chi connectivity index (χ1v) is 9.61. The van der Waals surface area contributed by atoms with Crippen LogP contribution in [0.2, 0.25) is 0 Å². The summed E-state index contributed by atoms with van der Waals surface area (Å²) in [5.41, 5.74) is 1.46. The topological polar surface area (TPSA) is 23.6 Å². The van der Waals surface area contributed by atoms with E-state index in [1.54, 1.807) is 0 Å². The summed E-state index contributed by atoms with van der Waals surface area (Å²) in [5.74, 6) is 0.330. The van der Waals surface area contributed by atoms with Crippen LogP contribution in [-0.2, 0) is 11.2 Å². The molecule has 0 bridgehead atoms. The Morgan fingerprint density at radius 3 is 2.73 bits per heavy atom. The summed E-state index contributed by atoms with van der Waals surface area (Å²) < 4.78 is 0. The van der Waals surface area contributed by atoms with Crippen molar-refractivity contribution >= 4 is 17.2 Å². The number of hydrogen-bond donors (Lipinski definition) is 0. The van der Waals surface area contributed by atoms with Gasteiger partial charge in [-0.05, 0) is 63.0 Å². The second kappa shape index (κ2) is 6.71. The molecule has 22 heavy (non-hydrogen) atoms. The molecule has 2 aliphatic rings. The van der Waals surface area contributed by atoms with Crippen molar-refractivity contribution in [1.82, 2.24) is 9.80 Å². The van der Waals surface area contributed by atoms with Crippen LogP contribution in [0, 0.1) is 0 Å². The molecule has 0 radical (unpaired) electrons. The zero-order valence-corrected chi connectivity index (χ0v) is 14.9. The highest BCUT2D eigenvalue weighted by molar-refractivity contribution is 7.10. The Hall–Kier alpha value is -0.870. The lowest BCUT2D eigenvalue weighted by atomic mass is 9.96. The molecule has 0 spiro atoms. The first-order chi connectivity index (χ1) is 10.6. The smallest absolute Gasteiger partial charge is 0.237 e. The van der Waals surface area contributed by atoms with E-state index in [0.717, 1.165) is 32.2 Å². The Bertz CT molecular complexity index is 517. The third-order valence-electron chi connectivity index (χ3n) is 5.41. The number of carbonyl (C=O) groups excluding carboxylic acids is 1. The van der Waals surface area contributed by atoms with E-state index in [9.17, 15) is 4.79 Å². The van der Waals surface area contributed by atoms with Crippen molar-refractivity contribution in [2.75, 3.05) is 13.1 Å². The van der Waals surface area contributed by atoms with Gasteiger partial charge >= 0.3 is 0 Å². The largest absolute Gasteiger partial charge is 0.336 e. The summed E-state index contributed by atoms with van der Waals surface area (Å²) >= 11 is 1.87. The van der Waals surface area contributed by atoms with Crippen LogP contribution in [0.1, 0.15) is 62.9 Å². The van der Waals surface area contributed by atoms with Crippen molar-refractivity contribution in [3.8, 4) is 0 Å². The molecule has 3 rings (SSSR count). The minimum Gasteiger partial charge on any atom is -0.336 e. The van der Waals surface area contributed by atoms with E-state index in [2.05, 4.69) is 42.0 Å². The van der Waals surface area contributed by atoms with Crippen LogP contribution in [-0.4, -0.2) is 40.9 Å². The first kappa shape index (κ1) is 16.0. The van der Waals surface area contributed by atoms with E-state index in [1.165, 1.54) is 16.9 Å². The lowest BCUT2D eigenvalue weighted by Gasteiger charge is -2.42. The molecular weight excluding hydrogens is 292 g/mol. The average molecular weight is 321 g/mol. The molecule has 4 heteroatoms. The van der Waals surface area contributed by atoms with Crippen LogP contribution in [0.5, 0.6) is 0 Å². The van der Waals surface area contributed by atoms with Crippen LogP contribution in [0.15, 0.2) is 11.4 Å². The monoisotopic (exact) mass is 320 g/mol. The van der Waals surface area contributed by atoms with Crippen molar-refractivity contribution in [3.05, 3.63) is 21.9 Å². The maximum atomic E-state index is 12.9. The second-order valence-corrected chi connectivity index (χ2v) is 7.87. The molecule has 0 aliphatic carbocycles. The Morgan fingerprint density at radius 1 is 1.32 bits per heavy atom. The van der Waals surface area contributed by atoms with Gasteiger partial charge in [-0.15, -0.1) is 11.3 Å². The van der Waals surface area contributed by atoms with Crippen LogP contribution in [0.4, 0.5) is 0 Å². The van der Waals surface area contributed by atoms with Gasteiger partial charge in [0.1, 0.15) is 0 Å². The number of carbonyl (C=O) groups is 1. The Morgan fingerprint density at radius 2 is 2.05 bits per heavy atom. The predicted molar refractivity (Wildman–Crippen MR) is 92.2 cm³/mol. The van der Waals surface area contributed by atoms with Crippen molar-refractivity contribution in [2.45, 2.75) is 71.0 Å². The number of fused-ring (bicyclic) bond motifs is 1. The van der Waals surface area contributed by atoms with E-state index in [4.69, 9.17) is 0 Å². The lowest BCUT2D eigenvalue weighted by molar-refractivity contribution is -0.139. The van der Waals surface area contributed by atoms with Gasteiger partial charge in [0, 0.05) is 29.5 Å². The Kier molecular flexibility index (Phi) is 4.88. The summed E-state index contributed by atoms with van der Waals surface area (Å²) in [5, 5.41) is 2.20. The fraction of sp³-hybridized carbons (Fsp3) is 0.722. The first-order valence-electron chi connectivity index (χ1n) is 8.73. The molecule has 0 aromatic carbocycles. The number of amides is 1.